The highest BCUT2D eigenvalue weighted by Gasteiger charge is 2.19. The maximum atomic E-state index is 5.22. The van der Waals surface area contributed by atoms with Crippen LogP contribution >= 0.6 is 0 Å². The average Bonchev–Trinajstić information content (AvgIpc) is 3.79. The maximum Gasteiger partial charge on any atom is 0.235 e. The van der Waals surface area contributed by atoms with Crippen LogP contribution in [-0.2, 0) is 0 Å². The van der Waals surface area contributed by atoms with Crippen LogP contribution < -0.4 is 0 Å². The fourth-order valence-corrected chi connectivity index (χ4v) is 8.28. The molecule has 0 radical (unpaired) electrons. The second kappa shape index (κ2) is 13.1. The summed E-state index contributed by atoms with van der Waals surface area (Å²) in [6.07, 6.45) is 0. The predicted molar refractivity (Wildman–Crippen MR) is 232 cm³/mol. The van der Waals surface area contributed by atoms with Crippen molar-refractivity contribution in [2.45, 2.75) is 0 Å². The van der Waals surface area contributed by atoms with E-state index in [1.54, 1.807) is 0 Å². The average molecular weight is 715 g/mol. The number of hydrogen-bond acceptors (Lipinski definition) is 2. The molecule has 0 saturated heterocycles. The van der Waals surface area contributed by atoms with Crippen LogP contribution in [0.25, 0.3) is 100 Å². The Balaban J connectivity index is 1.11. The fraction of sp³-hybridized carbons (Fsp3) is 0. The minimum absolute atomic E-state index is 0.647. The minimum atomic E-state index is 0.647. The highest BCUT2D eigenvalue weighted by atomic mass is 15.2. The molecule has 11 rings (SSSR count). The van der Waals surface area contributed by atoms with Crippen LogP contribution in [0.4, 0.5) is 0 Å². The number of para-hydroxylation sites is 2. The van der Waals surface area contributed by atoms with E-state index >= 15 is 0 Å². The van der Waals surface area contributed by atoms with Crippen LogP contribution in [0.1, 0.15) is 0 Å². The molecule has 3 aromatic heterocycles. The Morgan fingerprint density at radius 3 is 1.20 bits per heavy atom. The standard InChI is InChI=1S/C52H34N4/c1-5-15-35(16-6-1)38-25-28-49-44(31-38)45-33-40(26-29-50(45)55(49)41-21-11-4-12-22-41)39-27-30-51-43(32-39)42-23-13-14-24-48(42)56(51)52-53-46(36-17-7-2-8-18-36)34-47(54-52)37-19-9-3-10-20-37/h1-34H. The molecule has 0 fully saturated rings. The zero-order chi connectivity index (χ0) is 37.0. The molecule has 0 aliphatic rings. The largest absolute Gasteiger partial charge is 0.309 e. The van der Waals surface area contributed by atoms with Gasteiger partial charge in [0.25, 0.3) is 0 Å². The molecule has 0 bridgehead atoms. The molecule has 3 heterocycles. The first-order valence-corrected chi connectivity index (χ1v) is 19.0. The Morgan fingerprint density at radius 2 is 0.661 bits per heavy atom. The molecule has 0 unspecified atom stereocenters. The number of rotatable bonds is 6. The molecular weight excluding hydrogens is 681 g/mol. The van der Waals surface area contributed by atoms with Crippen molar-refractivity contribution in [3.8, 4) is 56.4 Å². The summed E-state index contributed by atoms with van der Waals surface area (Å²) in [5.74, 6) is 0.647. The van der Waals surface area contributed by atoms with Crippen molar-refractivity contribution in [3.63, 3.8) is 0 Å². The van der Waals surface area contributed by atoms with E-state index in [0.717, 1.165) is 55.6 Å². The monoisotopic (exact) mass is 714 g/mol. The molecule has 4 nitrogen and oxygen atoms in total. The first-order valence-electron chi connectivity index (χ1n) is 19.0. The number of benzene rings is 8. The van der Waals surface area contributed by atoms with Crippen LogP contribution in [0, 0.1) is 0 Å². The molecule has 8 aromatic carbocycles. The molecule has 56 heavy (non-hydrogen) atoms. The Kier molecular flexibility index (Phi) is 7.46. The predicted octanol–water partition coefficient (Wildman–Crippen LogP) is 13.3. The van der Waals surface area contributed by atoms with Crippen molar-refractivity contribution >= 4 is 43.6 Å². The highest BCUT2D eigenvalue weighted by Crippen LogP contribution is 2.39. The number of aromatic nitrogens is 4. The Bertz CT molecular complexity index is 3160. The third-order valence-corrected chi connectivity index (χ3v) is 10.9. The lowest BCUT2D eigenvalue weighted by atomic mass is 9.99. The van der Waals surface area contributed by atoms with Crippen LogP contribution in [0.5, 0.6) is 0 Å². The first-order chi connectivity index (χ1) is 27.8. The summed E-state index contributed by atoms with van der Waals surface area (Å²) < 4.78 is 4.60. The van der Waals surface area contributed by atoms with Crippen molar-refractivity contribution in [3.05, 3.63) is 206 Å². The van der Waals surface area contributed by atoms with E-state index in [0.29, 0.717) is 5.95 Å². The maximum absolute atomic E-state index is 5.22. The fourth-order valence-electron chi connectivity index (χ4n) is 8.28. The Morgan fingerprint density at radius 1 is 0.268 bits per heavy atom. The molecule has 0 N–H and O–H groups in total. The molecular formula is C52H34N4. The van der Waals surface area contributed by atoms with E-state index in [9.17, 15) is 0 Å². The molecule has 4 heteroatoms. The van der Waals surface area contributed by atoms with Gasteiger partial charge in [0.05, 0.1) is 33.5 Å². The van der Waals surface area contributed by atoms with Gasteiger partial charge >= 0.3 is 0 Å². The molecule has 0 aliphatic heterocycles. The summed E-state index contributed by atoms with van der Waals surface area (Å²) >= 11 is 0. The number of nitrogens with zero attached hydrogens (tertiary/aromatic N) is 4. The molecule has 0 spiro atoms. The molecule has 0 aliphatic carbocycles. The molecule has 11 aromatic rings. The van der Waals surface area contributed by atoms with Gasteiger partial charge in [-0.15, -0.1) is 0 Å². The molecule has 0 atom stereocenters. The van der Waals surface area contributed by atoms with Gasteiger partial charge in [-0.2, -0.15) is 0 Å². The van der Waals surface area contributed by atoms with Gasteiger partial charge in [-0.05, 0) is 82.9 Å². The van der Waals surface area contributed by atoms with Gasteiger partial charge in [0, 0.05) is 38.4 Å². The third kappa shape index (κ3) is 5.31. The normalized spacial score (nSPS) is 11.6. The van der Waals surface area contributed by atoms with E-state index in [-0.39, 0.29) is 0 Å². The minimum Gasteiger partial charge on any atom is -0.309 e. The van der Waals surface area contributed by atoms with Crippen molar-refractivity contribution in [2.75, 3.05) is 0 Å². The second-order valence-corrected chi connectivity index (χ2v) is 14.3. The summed E-state index contributed by atoms with van der Waals surface area (Å²) in [4.78, 5) is 10.4. The highest BCUT2D eigenvalue weighted by molar-refractivity contribution is 6.13. The van der Waals surface area contributed by atoms with Gasteiger partial charge in [0.15, 0.2) is 0 Å². The van der Waals surface area contributed by atoms with Crippen molar-refractivity contribution in [1.82, 2.24) is 19.1 Å². The summed E-state index contributed by atoms with van der Waals surface area (Å²) in [6, 6.07) is 73.3. The van der Waals surface area contributed by atoms with Gasteiger partial charge < -0.3 is 4.57 Å². The zero-order valence-electron chi connectivity index (χ0n) is 30.4. The lowest BCUT2D eigenvalue weighted by Crippen LogP contribution is -2.03. The molecule has 0 saturated carbocycles. The Labute approximate surface area is 324 Å². The Hall–Kier alpha value is -7.56. The lowest BCUT2D eigenvalue weighted by molar-refractivity contribution is 0.995. The lowest BCUT2D eigenvalue weighted by Gasteiger charge is -2.12. The number of hydrogen-bond donors (Lipinski definition) is 0. The van der Waals surface area contributed by atoms with Gasteiger partial charge in [-0.25, -0.2) is 9.97 Å². The van der Waals surface area contributed by atoms with Crippen LogP contribution in [0.15, 0.2) is 206 Å². The van der Waals surface area contributed by atoms with Crippen molar-refractivity contribution < 1.29 is 0 Å². The SMILES string of the molecule is c1ccc(-c2ccc3c(c2)c2cc(-c4ccc5c(c4)c4ccccc4n5-c4nc(-c5ccccc5)cc(-c5ccccc5)n4)ccc2n3-c2ccccc2)cc1. The van der Waals surface area contributed by atoms with Gasteiger partial charge in [0.1, 0.15) is 0 Å². The summed E-state index contributed by atoms with van der Waals surface area (Å²) in [5.41, 5.74) is 14.3. The van der Waals surface area contributed by atoms with Crippen LogP contribution in [-0.4, -0.2) is 19.1 Å². The van der Waals surface area contributed by atoms with Crippen molar-refractivity contribution in [1.29, 1.82) is 0 Å². The number of fused-ring (bicyclic) bond motifs is 6. The quantitative estimate of drug-likeness (QED) is 0.172. The van der Waals surface area contributed by atoms with E-state index in [1.807, 2.05) is 12.1 Å². The smallest absolute Gasteiger partial charge is 0.235 e. The van der Waals surface area contributed by atoms with E-state index < -0.39 is 0 Å². The topological polar surface area (TPSA) is 35.6 Å². The van der Waals surface area contributed by atoms with E-state index in [2.05, 4.69) is 203 Å². The van der Waals surface area contributed by atoms with Crippen molar-refractivity contribution in [2.24, 2.45) is 0 Å². The summed E-state index contributed by atoms with van der Waals surface area (Å²) in [5, 5.41) is 4.77. The summed E-state index contributed by atoms with van der Waals surface area (Å²) in [6.45, 7) is 0. The molecule has 0 amide bonds. The van der Waals surface area contributed by atoms with E-state index in [4.69, 9.17) is 9.97 Å². The van der Waals surface area contributed by atoms with Gasteiger partial charge in [-0.1, -0.05) is 146 Å². The zero-order valence-corrected chi connectivity index (χ0v) is 30.4. The summed E-state index contributed by atoms with van der Waals surface area (Å²) in [7, 11) is 0. The molecule has 262 valence electrons. The van der Waals surface area contributed by atoms with Crippen LogP contribution in [0.2, 0.25) is 0 Å². The first kappa shape index (κ1) is 31.9. The van der Waals surface area contributed by atoms with Gasteiger partial charge in [0.2, 0.25) is 5.95 Å². The van der Waals surface area contributed by atoms with E-state index in [1.165, 1.54) is 38.5 Å². The second-order valence-electron chi connectivity index (χ2n) is 14.3. The van der Waals surface area contributed by atoms with Gasteiger partial charge in [-0.3, -0.25) is 4.57 Å². The van der Waals surface area contributed by atoms with Crippen LogP contribution in [0.3, 0.4) is 0 Å². The third-order valence-electron chi connectivity index (χ3n) is 10.9.